The summed E-state index contributed by atoms with van der Waals surface area (Å²) < 4.78 is 4.81. The third kappa shape index (κ3) is 5.39. The van der Waals surface area contributed by atoms with Crippen molar-refractivity contribution in [2.45, 2.75) is 6.42 Å². The Morgan fingerprint density at radius 1 is 1.47 bits per heavy atom. The maximum atomic E-state index is 11.2. The van der Waals surface area contributed by atoms with Gasteiger partial charge in [-0.25, -0.2) is 4.79 Å². The lowest BCUT2D eigenvalue weighted by Crippen LogP contribution is -2.38. The summed E-state index contributed by atoms with van der Waals surface area (Å²) in [5, 5.41) is 9.59. The molecule has 0 aliphatic carbocycles. The standard InChI is InChI=1S/C10H16N2O2S/c1-14-6-5-12-10(13)11-4-2-9-3-7-15-8-9/h3,7-8H,2,4-6H2,1H3,(H2,11,12,13). The molecule has 2 N–H and O–H groups in total. The van der Waals surface area contributed by atoms with Gasteiger partial charge in [0.15, 0.2) is 0 Å². The first-order valence-electron chi connectivity index (χ1n) is 4.84. The Morgan fingerprint density at radius 2 is 2.27 bits per heavy atom. The molecule has 5 heteroatoms. The Labute approximate surface area is 93.6 Å². The number of thiophene rings is 1. The van der Waals surface area contributed by atoms with Crippen LogP contribution >= 0.6 is 11.3 Å². The van der Waals surface area contributed by atoms with Gasteiger partial charge in [0.1, 0.15) is 0 Å². The molecule has 1 aromatic heterocycles. The topological polar surface area (TPSA) is 50.4 Å². The van der Waals surface area contributed by atoms with E-state index in [-0.39, 0.29) is 6.03 Å². The molecule has 0 aliphatic heterocycles. The zero-order valence-corrected chi connectivity index (χ0v) is 9.60. The van der Waals surface area contributed by atoms with Gasteiger partial charge >= 0.3 is 6.03 Å². The highest BCUT2D eigenvalue weighted by molar-refractivity contribution is 7.07. The summed E-state index contributed by atoms with van der Waals surface area (Å²) in [6.45, 7) is 1.74. The highest BCUT2D eigenvalue weighted by Gasteiger charge is 1.98. The average molecular weight is 228 g/mol. The number of hydrogen-bond acceptors (Lipinski definition) is 3. The third-order valence-corrected chi connectivity index (χ3v) is 2.60. The molecule has 1 heterocycles. The second-order valence-electron chi connectivity index (χ2n) is 3.06. The van der Waals surface area contributed by atoms with E-state index in [0.717, 1.165) is 6.42 Å². The quantitative estimate of drug-likeness (QED) is 0.720. The first kappa shape index (κ1) is 12.0. The second-order valence-corrected chi connectivity index (χ2v) is 3.84. The van der Waals surface area contributed by atoms with Crippen LogP contribution in [0.5, 0.6) is 0 Å². The number of methoxy groups -OCH3 is 1. The van der Waals surface area contributed by atoms with Gasteiger partial charge in [-0.3, -0.25) is 0 Å². The number of amides is 2. The molecule has 1 aromatic rings. The summed E-state index contributed by atoms with van der Waals surface area (Å²) in [6.07, 6.45) is 0.876. The van der Waals surface area contributed by atoms with Crippen LogP contribution < -0.4 is 10.6 Å². The van der Waals surface area contributed by atoms with E-state index < -0.39 is 0 Å². The predicted octanol–water partition coefficient (Wildman–Crippen LogP) is 1.24. The molecule has 0 radical (unpaired) electrons. The molecular weight excluding hydrogens is 212 g/mol. The SMILES string of the molecule is COCCNC(=O)NCCc1ccsc1. The van der Waals surface area contributed by atoms with Gasteiger partial charge in [-0.05, 0) is 28.8 Å². The molecule has 0 aromatic carbocycles. The minimum absolute atomic E-state index is 0.137. The van der Waals surface area contributed by atoms with Crippen LogP contribution in [-0.4, -0.2) is 32.8 Å². The van der Waals surface area contributed by atoms with Gasteiger partial charge in [-0.15, -0.1) is 0 Å². The van der Waals surface area contributed by atoms with E-state index in [1.807, 2.05) is 5.38 Å². The molecule has 0 aliphatic rings. The van der Waals surface area contributed by atoms with Crippen molar-refractivity contribution in [3.8, 4) is 0 Å². The van der Waals surface area contributed by atoms with Crippen molar-refractivity contribution >= 4 is 17.4 Å². The number of nitrogens with one attached hydrogen (secondary N) is 2. The van der Waals surface area contributed by atoms with Crippen LogP contribution in [0.25, 0.3) is 0 Å². The molecule has 0 saturated carbocycles. The Morgan fingerprint density at radius 3 is 2.93 bits per heavy atom. The van der Waals surface area contributed by atoms with Gasteiger partial charge in [0.05, 0.1) is 6.61 Å². The summed E-state index contributed by atoms with van der Waals surface area (Å²) in [6, 6.07) is 1.93. The van der Waals surface area contributed by atoms with Crippen molar-refractivity contribution < 1.29 is 9.53 Å². The van der Waals surface area contributed by atoms with Gasteiger partial charge in [-0.2, -0.15) is 11.3 Å². The Bertz CT molecular complexity index is 275. The predicted molar refractivity (Wildman–Crippen MR) is 61.3 cm³/mol. The zero-order valence-electron chi connectivity index (χ0n) is 8.79. The van der Waals surface area contributed by atoms with Gasteiger partial charge < -0.3 is 15.4 Å². The fourth-order valence-electron chi connectivity index (χ4n) is 1.08. The minimum atomic E-state index is -0.137. The van der Waals surface area contributed by atoms with Crippen LogP contribution in [0.3, 0.4) is 0 Å². The summed E-state index contributed by atoms with van der Waals surface area (Å²) >= 11 is 1.67. The number of hydrogen-bond donors (Lipinski definition) is 2. The largest absolute Gasteiger partial charge is 0.383 e. The Hall–Kier alpha value is -1.07. The van der Waals surface area contributed by atoms with Crippen molar-refractivity contribution in [3.63, 3.8) is 0 Å². The Kier molecular flexibility index (Phi) is 5.80. The van der Waals surface area contributed by atoms with Crippen LogP contribution in [0.1, 0.15) is 5.56 Å². The van der Waals surface area contributed by atoms with Gasteiger partial charge in [0, 0.05) is 20.2 Å². The molecule has 4 nitrogen and oxygen atoms in total. The fraction of sp³-hybridized carbons (Fsp3) is 0.500. The van der Waals surface area contributed by atoms with Gasteiger partial charge in [0.2, 0.25) is 0 Å². The summed E-state index contributed by atoms with van der Waals surface area (Å²) in [5.41, 5.74) is 1.26. The maximum absolute atomic E-state index is 11.2. The highest BCUT2D eigenvalue weighted by atomic mass is 32.1. The fourth-order valence-corrected chi connectivity index (χ4v) is 1.79. The van der Waals surface area contributed by atoms with Gasteiger partial charge in [-0.1, -0.05) is 0 Å². The smallest absolute Gasteiger partial charge is 0.314 e. The lowest BCUT2D eigenvalue weighted by molar-refractivity contribution is 0.196. The lowest BCUT2D eigenvalue weighted by Gasteiger charge is -2.06. The van der Waals surface area contributed by atoms with E-state index in [1.54, 1.807) is 18.4 Å². The van der Waals surface area contributed by atoms with E-state index in [2.05, 4.69) is 22.1 Å². The van der Waals surface area contributed by atoms with Crippen LogP contribution in [0.15, 0.2) is 16.8 Å². The van der Waals surface area contributed by atoms with Crippen molar-refractivity contribution in [2.75, 3.05) is 26.8 Å². The van der Waals surface area contributed by atoms with Crippen LogP contribution in [0.2, 0.25) is 0 Å². The van der Waals surface area contributed by atoms with E-state index in [0.29, 0.717) is 19.7 Å². The molecule has 0 bridgehead atoms. The zero-order chi connectivity index (χ0) is 10.9. The molecule has 0 atom stereocenters. The van der Waals surface area contributed by atoms with Crippen LogP contribution in [0.4, 0.5) is 4.79 Å². The summed E-state index contributed by atoms with van der Waals surface area (Å²) in [4.78, 5) is 11.2. The van der Waals surface area contributed by atoms with Crippen molar-refractivity contribution in [2.24, 2.45) is 0 Å². The van der Waals surface area contributed by atoms with Crippen molar-refractivity contribution in [1.29, 1.82) is 0 Å². The maximum Gasteiger partial charge on any atom is 0.314 e. The molecule has 84 valence electrons. The van der Waals surface area contributed by atoms with Crippen molar-refractivity contribution in [1.82, 2.24) is 10.6 Å². The molecule has 15 heavy (non-hydrogen) atoms. The second kappa shape index (κ2) is 7.25. The van der Waals surface area contributed by atoms with E-state index in [4.69, 9.17) is 4.74 Å². The monoisotopic (exact) mass is 228 g/mol. The van der Waals surface area contributed by atoms with E-state index in [9.17, 15) is 4.79 Å². The van der Waals surface area contributed by atoms with Gasteiger partial charge in [0.25, 0.3) is 0 Å². The Balaban J connectivity index is 2.02. The first-order valence-corrected chi connectivity index (χ1v) is 5.79. The van der Waals surface area contributed by atoms with Crippen LogP contribution in [0, 0.1) is 0 Å². The average Bonchev–Trinajstić information content (AvgIpc) is 2.71. The number of carbonyl (C=O) groups is 1. The van der Waals surface area contributed by atoms with E-state index >= 15 is 0 Å². The van der Waals surface area contributed by atoms with Crippen molar-refractivity contribution in [3.05, 3.63) is 22.4 Å². The number of ether oxygens (including phenoxy) is 1. The highest BCUT2D eigenvalue weighted by Crippen LogP contribution is 2.05. The first-order chi connectivity index (χ1) is 7.33. The number of urea groups is 1. The molecule has 0 saturated heterocycles. The summed E-state index contributed by atoms with van der Waals surface area (Å²) in [5.74, 6) is 0. The molecule has 0 spiro atoms. The lowest BCUT2D eigenvalue weighted by atomic mass is 10.2. The number of carbonyl (C=O) groups excluding carboxylic acids is 1. The molecule has 1 rings (SSSR count). The number of rotatable bonds is 6. The normalized spacial score (nSPS) is 9.93. The summed E-state index contributed by atoms with van der Waals surface area (Å²) in [7, 11) is 1.61. The molecule has 0 fully saturated rings. The molecule has 0 unspecified atom stereocenters. The minimum Gasteiger partial charge on any atom is -0.383 e. The molecule has 2 amide bonds. The molecular formula is C10H16N2O2S. The van der Waals surface area contributed by atoms with E-state index in [1.165, 1.54) is 5.56 Å². The van der Waals surface area contributed by atoms with Crippen LogP contribution in [-0.2, 0) is 11.2 Å². The third-order valence-electron chi connectivity index (χ3n) is 1.87.